The van der Waals surface area contributed by atoms with Gasteiger partial charge in [-0.2, -0.15) is 4.98 Å². The van der Waals surface area contributed by atoms with Crippen LogP contribution in [0.1, 0.15) is 39.2 Å². The van der Waals surface area contributed by atoms with E-state index in [2.05, 4.69) is 0 Å². The number of amides is 1. The molecule has 1 aliphatic rings. The van der Waals surface area contributed by atoms with Crippen molar-refractivity contribution < 1.29 is 14.3 Å². The maximum Gasteiger partial charge on any atom is 0.410 e. The zero-order chi connectivity index (χ0) is 22.0. The second-order valence-electron chi connectivity index (χ2n) is 8.84. The summed E-state index contributed by atoms with van der Waals surface area (Å²) in [6.45, 7) is 7.23. The van der Waals surface area contributed by atoms with E-state index in [1.807, 2.05) is 73.9 Å². The Morgan fingerprint density at radius 1 is 1.16 bits per heavy atom. The normalized spacial score (nSPS) is 16.6. The van der Waals surface area contributed by atoms with E-state index in [4.69, 9.17) is 26.1 Å². The molecule has 31 heavy (non-hydrogen) atoms. The highest BCUT2D eigenvalue weighted by Gasteiger charge is 2.33. The second-order valence-corrected chi connectivity index (χ2v) is 9.25. The average molecular weight is 442 g/mol. The second kappa shape index (κ2) is 8.79. The van der Waals surface area contributed by atoms with Crippen molar-refractivity contribution in [1.82, 2.24) is 14.5 Å². The van der Waals surface area contributed by atoms with Crippen molar-refractivity contribution in [2.45, 2.75) is 51.8 Å². The fourth-order valence-corrected chi connectivity index (χ4v) is 4.05. The van der Waals surface area contributed by atoms with E-state index in [1.54, 1.807) is 4.90 Å². The van der Waals surface area contributed by atoms with E-state index in [9.17, 15) is 4.79 Å². The van der Waals surface area contributed by atoms with Gasteiger partial charge in [-0.3, -0.25) is 4.57 Å². The number of carbonyl (C=O) groups is 1. The smallest absolute Gasteiger partial charge is 0.410 e. The first-order valence-electron chi connectivity index (χ1n) is 10.6. The van der Waals surface area contributed by atoms with E-state index in [0.717, 1.165) is 29.4 Å². The zero-order valence-electron chi connectivity index (χ0n) is 18.2. The SMILES string of the molecule is CC(C)(C)OC(=O)N1CCCC1COc1nc2ccccc2n1Cc1ccccc1Cl. The molecule has 3 aromatic rings. The number of ether oxygens (including phenoxy) is 2. The van der Waals surface area contributed by atoms with Gasteiger partial charge in [0.25, 0.3) is 6.01 Å². The summed E-state index contributed by atoms with van der Waals surface area (Å²) in [5.41, 5.74) is 2.31. The van der Waals surface area contributed by atoms with Crippen molar-refractivity contribution in [2.24, 2.45) is 0 Å². The molecule has 2 aromatic carbocycles. The van der Waals surface area contributed by atoms with Gasteiger partial charge >= 0.3 is 6.09 Å². The third-order valence-corrected chi connectivity index (χ3v) is 5.68. The summed E-state index contributed by atoms with van der Waals surface area (Å²) in [4.78, 5) is 19.0. The molecule has 1 aliphatic heterocycles. The van der Waals surface area contributed by atoms with Crippen LogP contribution >= 0.6 is 11.6 Å². The van der Waals surface area contributed by atoms with Gasteiger partial charge in [0, 0.05) is 11.6 Å². The Hall–Kier alpha value is -2.73. The fourth-order valence-electron chi connectivity index (χ4n) is 3.85. The molecule has 2 heterocycles. The monoisotopic (exact) mass is 441 g/mol. The topological polar surface area (TPSA) is 56.6 Å². The lowest BCUT2D eigenvalue weighted by Gasteiger charge is -2.28. The molecule has 0 aliphatic carbocycles. The predicted molar refractivity (Wildman–Crippen MR) is 122 cm³/mol. The summed E-state index contributed by atoms with van der Waals surface area (Å²) >= 11 is 6.40. The molecule has 0 radical (unpaired) electrons. The molecule has 1 fully saturated rings. The van der Waals surface area contributed by atoms with Crippen molar-refractivity contribution in [3.8, 4) is 6.01 Å². The largest absolute Gasteiger partial charge is 0.462 e. The first-order chi connectivity index (χ1) is 14.8. The molecule has 1 atom stereocenters. The van der Waals surface area contributed by atoms with Crippen LogP contribution in [0.2, 0.25) is 5.02 Å². The molecule has 1 amide bonds. The number of hydrogen-bond donors (Lipinski definition) is 0. The first-order valence-corrected chi connectivity index (χ1v) is 11.0. The summed E-state index contributed by atoms with van der Waals surface area (Å²) < 4.78 is 13.8. The molecule has 0 saturated carbocycles. The quantitative estimate of drug-likeness (QED) is 0.523. The highest BCUT2D eigenvalue weighted by Crippen LogP contribution is 2.27. The molecule has 1 unspecified atom stereocenters. The molecule has 164 valence electrons. The Morgan fingerprint density at radius 3 is 2.68 bits per heavy atom. The van der Waals surface area contributed by atoms with Crippen LogP contribution in [-0.2, 0) is 11.3 Å². The van der Waals surface area contributed by atoms with Crippen LogP contribution < -0.4 is 4.74 Å². The van der Waals surface area contributed by atoms with E-state index in [1.165, 1.54) is 0 Å². The number of rotatable bonds is 5. The lowest BCUT2D eigenvalue weighted by Crippen LogP contribution is -2.42. The Labute approximate surface area is 187 Å². The third-order valence-electron chi connectivity index (χ3n) is 5.32. The van der Waals surface area contributed by atoms with Crippen molar-refractivity contribution in [3.63, 3.8) is 0 Å². The van der Waals surface area contributed by atoms with E-state index in [-0.39, 0.29) is 12.1 Å². The number of halogens is 1. The minimum absolute atomic E-state index is 0.0385. The highest BCUT2D eigenvalue weighted by atomic mass is 35.5. The average Bonchev–Trinajstić information content (AvgIpc) is 3.32. The molecule has 7 heteroatoms. The minimum atomic E-state index is -0.520. The van der Waals surface area contributed by atoms with Crippen molar-refractivity contribution in [3.05, 3.63) is 59.1 Å². The van der Waals surface area contributed by atoms with E-state index in [0.29, 0.717) is 30.7 Å². The van der Waals surface area contributed by atoms with Gasteiger partial charge in [0.05, 0.1) is 23.6 Å². The number of para-hydroxylation sites is 2. The van der Waals surface area contributed by atoms with Crippen LogP contribution in [-0.4, -0.2) is 45.3 Å². The first kappa shape index (κ1) is 21.5. The molecule has 0 bridgehead atoms. The Morgan fingerprint density at radius 2 is 1.90 bits per heavy atom. The van der Waals surface area contributed by atoms with Gasteiger partial charge in [-0.05, 0) is 57.4 Å². The number of likely N-dealkylation sites (tertiary alicyclic amines) is 1. The van der Waals surface area contributed by atoms with E-state index >= 15 is 0 Å². The van der Waals surface area contributed by atoms with Crippen molar-refractivity contribution in [1.29, 1.82) is 0 Å². The van der Waals surface area contributed by atoms with Gasteiger partial charge in [0.15, 0.2) is 0 Å². The summed E-state index contributed by atoms with van der Waals surface area (Å²) in [5.74, 6) is 0. The molecule has 0 spiro atoms. The lowest BCUT2D eigenvalue weighted by atomic mass is 10.2. The summed E-state index contributed by atoms with van der Waals surface area (Å²) in [7, 11) is 0. The molecule has 6 nitrogen and oxygen atoms in total. The number of benzene rings is 2. The number of carbonyl (C=O) groups excluding carboxylic acids is 1. The number of hydrogen-bond acceptors (Lipinski definition) is 4. The van der Waals surface area contributed by atoms with Gasteiger partial charge in [-0.1, -0.05) is 41.9 Å². The third kappa shape index (κ3) is 4.96. The Kier molecular flexibility index (Phi) is 6.10. The van der Waals surface area contributed by atoms with Gasteiger partial charge in [-0.25, -0.2) is 4.79 Å². The lowest BCUT2D eigenvalue weighted by molar-refractivity contribution is 0.0183. The van der Waals surface area contributed by atoms with Crippen LogP contribution in [0.4, 0.5) is 4.79 Å². The van der Waals surface area contributed by atoms with Gasteiger partial charge in [0.1, 0.15) is 12.2 Å². The molecule has 0 N–H and O–H groups in total. The number of imidazole rings is 1. The molecule has 1 aromatic heterocycles. The molecule has 1 saturated heterocycles. The highest BCUT2D eigenvalue weighted by molar-refractivity contribution is 6.31. The standard InChI is InChI=1S/C24H28ClN3O3/c1-24(2,3)31-23(29)27-14-8-10-18(27)16-30-22-26-20-12-6-7-13-21(20)28(22)15-17-9-4-5-11-19(17)25/h4-7,9,11-13,18H,8,10,14-16H2,1-3H3. The van der Waals surface area contributed by atoms with Gasteiger partial charge in [-0.15, -0.1) is 0 Å². The van der Waals surface area contributed by atoms with Gasteiger partial charge < -0.3 is 14.4 Å². The molecular formula is C24H28ClN3O3. The van der Waals surface area contributed by atoms with Crippen LogP contribution in [0.3, 0.4) is 0 Å². The maximum atomic E-state index is 12.6. The summed E-state index contributed by atoms with van der Waals surface area (Å²) in [5, 5.41) is 0.707. The Balaban J connectivity index is 1.54. The zero-order valence-corrected chi connectivity index (χ0v) is 18.9. The van der Waals surface area contributed by atoms with Crippen LogP contribution in [0.5, 0.6) is 6.01 Å². The van der Waals surface area contributed by atoms with Crippen molar-refractivity contribution >= 4 is 28.7 Å². The van der Waals surface area contributed by atoms with E-state index < -0.39 is 5.60 Å². The van der Waals surface area contributed by atoms with Gasteiger partial charge in [0.2, 0.25) is 0 Å². The molecular weight excluding hydrogens is 414 g/mol. The number of fused-ring (bicyclic) bond motifs is 1. The fraction of sp³-hybridized carbons (Fsp3) is 0.417. The maximum absolute atomic E-state index is 12.6. The van der Waals surface area contributed by atoms with Crippen LogP contribution in [0, 0.1) is 0 Å². The van der Waals surface area contributed by atoms with Crippen LogP contribution in [0.25, 0.3) is 11.0 Å². The number of aromatic nitrogens is 2. The van der Waals surface area contributed by atoms with Crippen molar-refractivity contribution in [2.75, 3.05) is 13.2 Å². The Bertz CT molecular complexity index is 1070. The minimum Gasteiger partial charge on any atom is -0.462 e. The number of nitrogens with zero attached hydrogens (tertiary/aromatic N) is 3. The molecule has 4 rings (SSSR count). The predicted octanol–water partition coefficient (Wildman–Crippen LogP) is 5.52. The van der Waals surface area contributed by atoms with Crippen LogP contribution in [0.15, 0.2) is 48.5 Å². The summed E-state index contributed by atoms with van der Waals surface area (Å²) in [6, 6.07) is 16.2. The summed E-state index contributed by atoms with van der Waals surface area (Å²) in [6.07, 6.45) is 1.52.